The molecule has 0 fully saturated rings. The monoisotopic (exact) mass is 212 g/mol. The Kier molecular flexibility index (Phi) is 5.91. The molecule has 88 valence electrons. The summed E-state index contributed by atoms with van der Waals surface area (Å²) in [4.78, 5) is 2.28. The van der Waals surface area contributed by atoms with Gasteiger partial charge in [-0.25, -0.2) is 0 Å². The van der Waals surface area contributed by atoms with Crippen molar-refractivity contribution in [3.05, 3.63) is 11.6 Å². The first-order chi connectivity index (χ1) is 7.24. The molecule has 1 atom stereocenters. The molecule has 0 saturated carbocycles. The number of hydrogen-bond acceptors (Lipinski definition) is 3. The fourth-order valence-corrected chi connectivity index (χ4v) is 1.82. The van der Waals surface area contributed by atoms with Crippen molar-refractivity contribution < 1.29 is 4.74 Å². The quantitative estimate of drug-likeness (QED) is 0.671. The van der Waals surface area contributed by atoms with Gasteiger partial charge in [-0.05, 0) is 32.5 Å². The van der Waals surface area contributed by atoms with Crippen molar-refractivity contribution in [1.82, 2.24) is 10.2 Å². The molecule has 1 aliphatic heterocycles. The van der Waals surface area contributed by atoms with Gasteiger partial charge in [0, 0.05) is 19.1 Å². The lowest BCUT2D eigenvalue weighted by atomic mass is 10.1. The third kappa shape index (κ3) is 4.78. The lowest BCUT2D eigenvalue weighted by Gasteiger charge is -2.24. The summed E-state index contributed by atoms with van der Waals surface area (Å²) < 4.78 is 5.39. The average Bonchev–Trinajstić information content (AvgIpc) is 2.25. The predicted molar refractivity (Wildman–Crippen MR) is 64.2 cm³/mol. The lowest BCUT2D eigenvalue weighted by molar-refractivity contribution is 0.148. The zero-order chi connectivity index (χ0) is 11.1. The molecule has 0 amide bonds. The van der Waals surface area contributed by atoms with Gasteiger partial charge in [-0.1, -0.05) is 13.0 Å². The first kappa shape index (κ1) is 12.7. The molecule has 15 heavy (non-hydrogen) atoms. The topological polar surface area (TPSA) is 24.5 Å². The Morgan fingerprint density at radius 1 is 1.53 bits per heavy atom. The summed E-state index contributed by atoms with van der Waals surface area (Å²) in [6.07, 6.45) is 4.56. The number of likely N-dealkylation sites (N-methyl/N-ethyl adjacent to an activating group) is 1. The predicted octanol–water partition coefficient (Wildman–Crippen LogP) is 1.26. The molecule has 0 aliphatic carbocycles. The fourth-order valence-electron chi connectivity index (χ4n) is 1.82. The Morgan fingerprint density at radius 3 is 2.87 bits per heavy atom. The Balaban J connectivity index is 2.16. The first-order valence-electron chi connectivity index (χ1n) is 5.86. The second-order valence-electron chi connectivity index (χ2n) is 4.36. The maximum absolute atomic E-state index is 5.39. The Bertz CT molecular complexity index is 202. The minimum atomic E-state index is 0.634. The van der Waals surface area contributed by atoms with Gasteiger partial charge in [0.05, 0.1) is 13.2 Å². The third-order valence-electron chi connectivity index (χ3n) is 2.92. The summed E-state index contributed by atoms with van der Waals surface area (Å²) in [5.41, 5.74) is 1.40. The van der Waals surface area contributed by atoms with E-state index in [0.29, 0.717) is 6.04 Å². The SMILES string of the molecule is CCC(CNCC1=CCCOC1)N(C)C. The van der Waals surface area contributed by atoms with Crippen LogP contribution in [-0.4, -0.2) is 51.3 Å². The van der Waals surface area contributed by atoms with Gasteiger partial charge >= 0.3 is 0 Å². The van der Waals surface area contributed by atoms with Crippen LogP contribution in [0.5, 0.6) is 0 Å². The van der Waals surface area contributed by atoms with Crippen molar-refractivity contribution in [2.24, 2.45) is 0 Å². The van der Waals surface area contributed by atoms with E-state index in [1.807, 2.05) is 0 Å². The molecule has 0 saturated heterocycles. The van der Waals surface area contributed by atoms with E-state index in [9.17, 15) is 0 Å². The van der Waals surface area contributed by atoms with Crippen molar-refractivity contribution in [2.75, 3.05) is 40.4 Å². The van der Waals surface area contributed by atoms with E-state index in [0.717, 1.165) is 32.7 Å². The molecule has 3 nitrogen and oxygen atoms in total. The number of nitrogens with zero attached hydrogens (tertiary/aromatic N) is 1. The zero-order valence-corrected chi connectivity index (χ0v) is 10.3. The van der Waals surface area contributed by atoms with E-state index < -0.39 is 0 Å². The van der Waals surface area contributed by atoms with Gasteiger partial charge in [-0.3, -0.25) is 0 Å². The number of rotatable bonds is 6. The fraction of sp³-hybridized carbons (Fsp3) is 0.833. The zero-order valence-electron chi connectivity index (χ0n) is 10.3. The largest absolute Gasteiger partial charge is 0.377 e. The van der Waals surface area contributed by atoms with Crippen LogP contribution in [-0.2, 0) is 4.74 Å². The molecule has 0 radical (unpaired) electrons. The van der Waals surface area contributed by atoms with E-state index in [1.54, 1.807) is 0 Å². The minimum absolute atomic E-state index is 0.634. The number of ether oxygens (including phenoxy) is 1. The van der Waals surface area contributed by atoms with Gasteiger partial charge < -0.3 is 15.0 Å². The van der Waals surface area contributed by atoms with Crippen LogP contribution < -0.4 is 5.32 Å². The molecule has 0 aromatic heterocycles. The average molecular weight is 212 g/mol. The summed E-state index contributed by atoms with van der Waals surface area (Å²) in [5, 5.41) is 3.50. The van der Waals surface area contributed by atoms with E-state index in [2.05, 4.69) is 37.3 Å². The van der Waals surface area contributed by atoms with Gasteiger partial charge in [0.1, 0.15) is 0 Å². The molecule has 1 rings (SSSR count). The van der Waals surface area contributed by atoms with Crippen LogP contribution in [0.1, 0.15) is 19.8 Å². The van der Waals surface area contributed by atoms with Crippen LogP contribution in [0.15, 0.2) is 11.6 Å². The van der Waals surface area contributed by atoms with E-state index in [-0.39, 0.29) is 0 Å². The highest BCUT2D eigenvalue weighted by Crippen LogP contribution is 2.04. The van der Waals surface area contributed by atoms with Crippen LogP contribution in [0.2, 0.25) is 0 Å². The second-order valence-corrected chi connectivity index (χ2v) is 4.36. The van der Waals surface area contributed by atoms with E-state index in [4.69, 9.17) is 4.74 Å². The Hall–Kier alpha value is -0.380. The van der Waals surface area contributed by atoms with Crippen molar-refractivity contribution in [3.8, 4) is 0 Å². The van der Waals surface area contributed by atoms with Crippen LogP contribution >= 0.6 is 0 Å². The molecule has 0 bridgehead atoms. The molecule has 0 aromatic carbocycles. The minimum Gasteiger partial charge on any atom is -0.377 e. The van der Waals surface area contributed by atoms with Crippen molar-refractivity contribution >= 4 is 0 Å². The maximum atomic E-state index is 5.39. The number of hydrogen-bond donors (Lipinski definition) is 1. The Morgan fingerprint density at radius 2 is 2.33 bits per heavy atom. The van der Waals surface area contributed by atoms with E-state index >= 15 is 0 Å². The van der Waals surface area contributed by atoms with Crippen molar-refractivity contribution in [1.29, 1.82) is 0 Å². The molecule has 1 N–H and O–H groups in total. The molecule has 1 unspecified atom stereocenters. The van der Waals surface area contributed by atoms with Gasteiger partial charge in [0.2, 0.25) is 0 Å². The second kappa shape index (κ2) is 6.99. The van der Waals surface area contributed by atoms with Gasteiger partial charge in [0.25, 0.3) is 0 Å². The molecule has 1 aliphatic rings. The van der Waals surface area contributed by atoms with Crippen LogP contribution in [0.25, 0.3) is 0 Å². The molecular weight excluding hydrogens is 188 g/mol. The summed E-state index contributed by atoms with van der Waals surface area (Å²) >= 11 is 0. The van der Waals surface area contributed by atoms with Crippen LogP contribution in [0.4, 0.5) is 0 Å². The molecule has 0 aromatic rings. The van der Waals surface area contributed by atoms with Crippen molar-refractivity contribution in [2.45, 2.75) is 25.8 Å². The lowest BCUT2D eigenvalue weighted by Crippen LogP contribution is -2.38. The van der Waals surface area contributed by atoms with Crippen molar-refractivity contribution in [3.63, 3.8) is 0 Å². The van der Waals surface area contributed by atoms with Gasteiger partial charge in [0.15, 0.2) is 0 Å². The summed E-state index contributed by atoms with van der Waals surface area (Å²) in [5.74, 6) is 0. The number of nitrogens with one attached hydrogen (secondary N) is 1. The molecule has 1 heterocycles. The highest BCUT2D eigenvalue weighted by molar-refractivity contribution is 5.06. The molecular formula is C12H24N2O. The normalized spacial score (nSPS) is 19.1. The smallest absolute Gasteiger partial charge is 0.0689 e. The van der Waals surface area contributed by atoms with Gasteiger partial charge in [-0.2, -0.15) is 0 Å². The van der Waals surface area contributed by atoms with Crippen LogP contribution in [0.3, 0.4) is 0 Å². The Labute approximate surface area is 93.5 Å². The highest BCUT2D eigenvalue weighted by atomic mass is 16.5. The maximum Gasteiger partial charge on any atom is 0.0689 e. The summed E-state index contributed by atoms with van der Waals surface area (Å²) in [7, 11) is 4.28. The van der Waals surface area contributed by atoms with Gasteiger partial charge in [-0.15, -0.1) is 0 Å². The summed E-state index contributed by atoms with van der Waals surface area (Å²) in [6.45, 7) is 5.96. The first-order valence-corrected chi connectivity index (χ1v) is 5.86. The van der Waals surface area contributed by atoms with E-state index in [1.165, 1.54) is 12.0 Å². The highest BCUT2D eigenvalue weighted by Gasteiger charge is 2.08. The molecule has 3 heteroatoms. The standard InChI is InChI=1S/C12H24N2O/c1-4-12(14(2)3)9-13-8-11-6-5-7-15-10-11/h6,12-13H,4-5,7-10H2,1-3H3. The third-order valence-corrected chi connectivity index (χ3v) is 2.92. The summed E-state index contributed by atoms with van der Waals surface area (Å²) in [6, 6.07) is 0.634. The molecule has 0 spiro atoms. The van der Waals surface area contributed by atoms with Crippen LogP contribution in [0, 0.1) is 0 Å².